The lowest BCUT2D eigenvalue weighted by molar-refractivity contribution is -0.0712. The molecule has 0 bridgehead atoms. The highest BCUT2D eigenvalue weighted by atomic mass is 19.1. The highest BCUT2D eigenvalue weighted by molar-refractivity contribution is 5.97. The smallest absolute Gasteiger partial charge is 0.278 e. The first-order chi connectivity index (χ1) is 21.6. The highest BCUT2D eigenvalue weighted by Crippen LogP contribution is 2.49. The van der Waals surface area contributed by atoms with Gasteiger partial charge in [0.2, 0.25) is 5.91 Å². The average Bonchev–Trinajstić information content (AvgIpc) is 3.56. The van der Waals surface area contributed by atoms with Crippen LogP contribution >= 0.6 is 0 Å². The first-order valence-corrected chi connectivity index (χ1v) is 14.8. The number of aromatic nitrogens is 3. The molecule has 5 N–H and O–H groups in total. The number of amidine groups is 1. The summed E-state index contributed by atoms with van der Waals surface area (Å²) in [5.41, 5.74) is 14.3. The van der Waals surface area contributed by atoms with E-state index in [1.165, 1.54) is 12.1 Å². The molecule has 1 amide bonds. The van der Waals surface area contributed by atoms with E-state index >= 15 is 4.39 Å². The number of hydrogen-bond donors (Lipinski definition) is 3. The van der Waals surface area contributed by atoms with Crippen molar-refractivity contribution in [3.05, 3.63) is 82.7 Å². The standard InChI is InChI=1S/C32H36FN7O5/c1-18(43-3)16-40-26-15-36-25(30(34)38-42)14-24(26)37-28(40)17-39-11-9-19(10-12-39)21-5-4-6-27-29(21)45-32(2,44-27)22-8-7-20(31(35)41)13-23(22)33/h4-8,13-15,18-19,42H,9-12,16-17H2,1-3H3,(H2,34,38)(H2,35,41)/t18-,32-/m0/s1. The van der Waals surface area contributed by atoms with Gasteiger partial charge in [0.1, 0.15) is 17.3 Å². The van der Waals surface area contributed by atoms with Gasteiger partial charge in [-0.1, -0.05) is 17.3 Å². The van der Waals surface area contributed by atoms with Gasteiger partial charge in [-0.3, -0.25) is 14.7 Å². The van der Waals surface area contributed by atoms with Crippen molar-refractivity contribution in [3.63, 3.8) is 0 Å². The number of carbonyl (C=O) groups is 1. The predicted molar refractivity (Wildman–Crippen MR) is 164 cm³/mol. The van der Waals surface area contributed by atoms with Crippen LogP contribution in [0, 0.1) is 5.82 Å². The summed E-state index contributed by atoms with van der Waals surface area (Å²) >= 11 is 0. The molecule has 4 aromatic rings. The summed E-state index contributed by atoms with van der Waals surface area (Å²) in [5, 5.41) is 12.1. The zero-order valence-electron chi connectivity index (χ0n) is 25.4. The third kappa shape index (κ3) is 5.76. The van der Waals surface area contributed by atoms with Crippen LogP contribution in [-0.2, 0) is 23.6 Å². The molecule has 0 aliphatic carbocycles. The van der Waals surface area contributed by atoms with Gasteiger partial charge in [0.25, 0.3) is 5.79 Å². The van der Waals surface area contributed by atoms with Crippen molar-refractivity contribution in [2.75, 3.05) is 20.2 Å². The van der Waals surface area contributed by atoms with Crippen LogP contribution in [0.3, 0.4) is 0 Å². The molecule has 4 heterocycles. The van der Waals surface area contributed by atoms with Gasteiger partial charge in [0.15, 0.2) is 17.3 Å². The Morgan fingerprint density at radius 2 is 2.00 bits per heavy atom. The maximum Gasteiger partial charge on any atom is 0.278 e. The van der Waals surface area contributed by atoms with E-state index in [0.29, 0.717) is 35.8 Å². The quantitative estimate of drug-likeness (QED) is 0.110. The number of piperidine rings is 1. The number of likely N-dealkylation sites (tertiary alicyclic amines) is 1. The van der Waals surface area contributed by atoms with Crippen molar-refractivity contribution >= 4 is 22.8 Å². The molecule has 2 aromatic heterocycles. The molecule has 2 atom stereocenters. The largest absolute Gasteiger partial charge is 0.444 e. The van der Waals surface area contributed by atoms with E-state index in [1.807, 2.05) is 25.1 Å². The Hall–Kier alpha value is -4.75. The Labute approximate surface area is 259 Å². The number of nitrogens with zero attached hydrogens (tertiary/aromatic N) is 5. The third-order valence-corrected chi connectivity index (χ3v) is 8.67. The third-order valence-electron chi connectivity index (χ3n) is 8.67. The molecule has 1 saturated heterocycles. The van der Waals surface area contributed by atoms with Crippen molar-refractivity contribution in [3.8, 4) is 11.5 Å². The fourth-order valence-electron chi connectivity index (χ4n) is 6.14. The summed E-state index contributed by atoms with van der Waals surface area (Å²) in [6, 6.07) is 11.6. The van der Waals surface area contributed by atoms with Gasteiger partial charge in [0.05, 0.1) is 42.0 Å². The van der Waals surface area contributed by atoms with Crippen LogP contribution in [0.5, 0.6) is 11.5 Å². The highest BCUT2D eigenvalue weighted by Gasteiger charge is 2.43. The van der Waals surface area contributed by atoms with Crippen molar-refractivity contribution in [1.29, 1.82) is 0 Å². The van der Waals surface area contributed by atoms with Crippen LogP contribution in [0.2, 0.25) is 0 Å². The van der Waals surface area contributed by atoms with E-state index in [-0.39, 0.29) is 29.0 Å². The van der Waals surface area contributed by atoms with Crippen LogP contribution in [0.15, 0.2) is 53.8 Å². The van der Waals surface area contributed by atoms with Crippen LogP contribution in [0.4, 0.5) is 4.39 Å². The van der Waals surface area contributed by atoms with E-state index in [1.54, 1.807) is 26.3 Å². The second-order valence-corrected chi connectivity index (χ2v) is 11.7. The normalized spacial score (nSPS) is 19.7. The lowest BCUT2D eigenvalue weighted by Gasteiger charge is -2.32. The Morgan fingerprint density at radius 3 is 2.69 bits per heavy atom. The molecule has 0 unspecified atom stereocenters. The number of imidazole rings is 1. The summed E-state index contributed by atoms with van der Waals surface area (Å²) < 4.78 is 35.2. The van der Waals surface area contributed by atoms with Crippen molar-refractivity contribution in [2.24, 2.45) is 16.6 Å². The minimum atomic E-state index is -1.39. The van der Waals surface area contributed by atoms with E-state index in [0.717, 1.165) is 48.9 Å². The number of fused-ring (bicyclic) bond motifs is 2. The second-order valence-electron chi connectivity index (χ2n) is 11.7. The van der Waals surface area contributed by atoms with E-state index in [2.05, 4.69) is 19.6 Å². The molecular formula is C32H36FN7O5. The summed E-state index contributed by atoms with van der Waals surface area (Å²) in [6.45, 7) is 6.54. The first-order valence-electron chi connectivity index (χ1n) is 14.8. The maximum atomic E-state index is 15.1. The van der Waals surface area contributed by atoms with Crippen LogP contribution in [0.25, 0.3) is 11.0 Å². The summed E-state index contributed by atoms with van der Waals surface area (Å²) in [4.78, 5) is 23.1. The molecule has 0 saturated carbocycles. The van der Waals surface area contributed by atoms with Gasteiger partial charge in [-0.2, -0.15) is 0 Å². The lowest BCUT2D eigenvalue weighted by Crippen LogP contribution is -2.34. The topological polar surface area (TPSA) is 163 Å². The number of halogens is 1. The molecule has 2 aliphatic rings. The molecule has 2 aliphatic heterocycles. The Bertz CT molecular complexity index is 1790. The van der Waals surface area contributed by atoms with Gasteiger partial charge < -0.3 is 35.5 Å². The number of ether oxygens (including phenoxy) is 3. The van der Waals surface area contributed by atoms with Crippen molar-refractivity contribution in [1.82, 2.24) is 19.4 Å². The number of para-hydroxylation sites is 1. The van der Waals surface area contributed by atoms with Gasteiger partial charge in [-0.15, -0.1) is 0 Å². The molecule has 12 nitrogen and oxygen atoms in total. The van der Waals surface area contributed by atoms with Gasteiger partial charge in [0, 0.05) is 25.2 Å². The van der Waals surface area contributed by atoms with Crippen molar-refractivity contribution in [2.45, 2.75) is 57.6 Å². The molecule has 6 rings (SSSR count). The van der Waals surface area contributed by atoms with Crippen LogP contribution in [-0.4, -0.2) is 62.7 Å². The molecular weight excluding hydrogens is 581 g/mol. The molecule has 13 heteroatoms. The van der Waals surface area contributed by atoms with E-state index in [9.17, 15) is 4.79 Å². The number of methoxy groups -OCH3 is 1. The van der Waals surface area contributed by atoms with E-state index in [4.69, 9.17) is 35.9 Å². The molecule has 0 radical (unpaired) electrons. The van der Waals surface area contributed by atoms with Gasteiger partial charge in [-0.25, -0.2) is 9.37 Å². The molecule has 45 heavy (non-hydrogen) atoms. The summed E-state index contributed by atoms with van der Waals surface area (Å²) in [6.07, 6.45) is 3.40. The molecule has 2 aromatic carbocycles. The zero-order chi connectivity index (χ0) is 31.9. The van der Waals surface area contributed by atoms with Gasteiger partial charge >= 0.3 is 0 Å². The van der Waals surface area contributed by atoms with E-state index < -0.39 is 17.5 Å². The lowest BCUT2D eigenvalue weighted by atomic mass is 9.88. The number of rotatable bonds is 9. The van der Waals surface area contributed by atoms with Crippen LogP contribution in [0.1, 0.15) is 65.6 Å². The minimum Gasteiger partial charge on any atom is -0.444 e. The predicted octanol–water partition coefficient (Wildman–Crippen LogP) is 3.82. The summed E-state index contributed by atoms with van der Waals surface area (Å²) in [7, 11) is 1.68. The fraction of sp³-hybridized carbons (Fsp3) is 0.375. The number of hydrogen-bond acceptors (Lipinski definition) is 9. The number of oxime groups is 1. The monoisotopic (exact) mass is 617 g/mol. The number of benzene rings is 2. The molecule has 0 spiro atoms. The second kappa shape index (κ2) is 12.0. The number of amides is 1. The first kappa shape index (κ1) is 30.3. The maximum absolute atomic E-state index is 15.1. The minimum absolute atomic E-state index is 0.0433. The number of carbonyl (C=O) groups excluding carboxylic acids is 1. The van der Waals surface area contributed by atoms with Crippen molar-refractivity contribution < 1.29 is 28.6 Å². The number of nitrogens with two attached hydrogens (primary N) is 2. The SMILES string of the molecule is CO[C@@H](C)Cn1c(CN2CCC(c3cccc4c3O[C@@](C)(c3ccc(C(N)=O)cc3F)O4)CC2)nc2cc(/C(N)=N/O)ncc21. The average molecular weight is 618 g/mol. The Kier molecular flexibility index (Phi) is 8.06. The Balaban J connectivity index is 1.19. The number of primary amides is 1. The summed E-state index contributed by atoms with van der Waals surface area (Å²) in [5.74, 6) is -0.541. The van der Waals surface area contributed by atoms with Gasteiger partial charge in [-0.05, 0) is 69.1 Å². The zero-order valence-corrected chi connectivity index (χ0v) is 25.4. The molecule has 236 valence electrons. The molecule has 1 fully saturated rings. The fourth-order valence-corrected chi connectivity index (χ4v) is 6.14. The van der Waals surface area contributed by atoms with Crippen LogP contribution < -0.4 is 20.9 Å². The number of pyridine rings is 1. The Morgan fingerprint density at radius 1 is 1.22 bits per heavy atom.